The van der Waals surface area contributed by atoms with Crippen molar-refractivity contribution in [2.24, 2.45) is 0 Å². The van der Waals surface area contributed by atoms with Crippen LogP contribution in [0.1, 0.15) is 13.3 Å². The predicted molar refractivity (Wildman–Crippen MR) is 57.7 cm³/mol. The maximum atomic E-state index is 5.91. The highest BCUT2D eigenvalue weighted by atomic mass is 35.5. The summed E-state index contributed by atoms with van der Waals surface area (Å²) < 4.78 is 0. The Kier molecular flexibility index (Phi) is 4.33. The lowest BCUT2D eigenvalue weighted by molar-refractivity contribution is 0.765. The zero-order chi connectivity index (χ0) is 9.68. The van der Waals surface area contributed by atoms with Crippen LogP contribution in [0.4, 0.5) is 5.82 Å². The fraction of sp³-hybridized carbons (Fsp3) is 0.444. The van der Waals surface area contributed by atoms with Crippen molar-refractivity contribution in [3.8, 4) is 0 Å². The van der Waals surface area contributed by atoms with Gasteiger partial charge in [0, 0.05) is 18.1 Å². The first kappa shape index (κ1) is 10.6. The fourth-order valence-corrected chi connectivity index (χ4v) is 1.41. The Morgan fingerprint density at radius 2 is 2.38 bits per heavy atom. The van der Waals surface area contributed by atoms with E-state index in [2.05, 4.69) is 17.2 Å². The SMILES string of the molecule is CCC(CCl)Nc1ncccc1Cl. The lowest BCUT2D eigenvalue weighted by Crippen LogP contribution is -2.20. The Hall–Kier alpha value is -0.470. The predicted octanol–water partition coefficient (Wildman–Crippen LogP) is 3.16. The molecule has 72 valence electrons. The monoisotopic (exact) mass is 218 g/mol. The minimum Gasteiger partial charge on any atom is -0.365 e. The van der Waals surface area contributed by atoms with E-state index in [0.717, 1.165) is 6.42 Å². The third kappa shape index (κ3) is 3.05. The standard InChI is InChI=1S/C9H12Cl2N2/c1-2-7(6-10)13-9-8(11)4-3-5-12-9/h3-5,7H,2,6H2,1H3,(H,12,13). The molecule has 1 N–H and O–H groups in total. The quantitative estimate of drug-likeness (QED) is 0.786. The maximum Gasteiger partial charge on any atom is 0.145 e. The van der Waals surface area contributed by atoms with E-state index in [1.54, 1.807) is 18.3 Å². The summed E-state index contributed by atoms with van der Waals surface area (Å²) in [5.41, 5.74) is 0. The van der Waals surface area contributed by atoms with Crippen molar-refractivity contribution in [1.82, 2.24) is 4.98 Å². The first-order valence-electron chi connectivity index (χ1n) is 4.21. The van der Waals surface area contributed by atoms with Crippen LogP contribution < -0.4 is 5.32 Å². The summed E-state index contributed by atoms with van der Waals surface area (Å²) in [4.78, 5) is 4.11. The van der Waals surface area contributed by atoms with Crippen LogP contribution >= 0.6 is 23.2 Å². The van der Waals surface area contributed by atoms with Gasteiger partial charge in [0.2, 0.25) is 0 Å². The molecule has 1 heterocycles. The molecule has 1 unspecified atom stereocenters. The second-order valence-corrected chi connectivity index (χ2v) is 3.45. The second kappa shape index (κ2) is 5.30. The zero-order valence-electron chi connectivity index (χ0n) is 7.43. The molecule has 1 aromatic rings. The Morgan fingerprint density at radius 1 is 1.62 bits per heavy atom. The fourth-order valence-electron chi connectivity index (χ4n) is 0.935. The van der Waals surface area contributed by atoms with Crippen LogP contribution in [-0.4, -0.2) is 16.9 Å². The van der Waals surface area contributed by atoms with Crippen LogP contribution in [0.5, 0.6) is 0 Å². The average Bonchev–Trinajstić information content (AvgIpc) is 2.17. The third-order valence-corrected chi connectivity index (χ3v) is 2.46. The number of anilines is 1. The summed E-state index contributed by atoms with van der Waals surface area (Å²) in [6.45, 7) is 2.07. The molecule has 4 heteroatoms. The van der Waals surface area contributed by atoms with Gasteiger partial charge in [-0.05, 0) is 18.6 Å². The highest BCUT2D eigenvalue weighted by Crippen LogP contribution is 2.18. The number of hydrogen-bond donors (Lipinski definition) is 1. The van der Waals surface area contributed by atoms with Crippen LogP contribution in [0, 0.1) is 0 Å². The van der Waals surface area contributed by atoms with E-state index < -0.39 is 0 Å². The van der Waals surface area contributed by atoms with E-state index in [1.165, 1.54) is 0 Å². The summed E-state index contributed by atoms with van der Waals surface area (Å²) in [5, 5.41) is 3.80. The van der Waals surface area contributed by atoms with Crippen molar-refractivity contribution in [3.63, 3.8) is 0 Å². The summed E-state index contributed by atoms with van der Waals surface area (Å²) in [6, 6.07) is 3.83. The average molecular weight is 219 g/mol. The number of rotatable bonds is 4. The van der Waals surface area contributed by atoms with E-state index >= 15 is 0 Å². The number of pyridine rings is 1. The molecule has 0 aliphatic rings. The molecule has 13 heavy (non-hydrogen) atoms. The molecule has 2 nitrogen and oxygen atoms in total. The summed E-state index contributed by atoms with van der Waals surface area (Å²) in [6.07, 6.45) is 2.66. The van der Waals surface area contributed by atoms with Gasteiger partial charge in [0.15, 0.2) is 0 Å². The Balaban J connectivity index is 2.67. The Labute approximate surface area is 88.3 Å². The molecule has 0 aromatic carbocycles. The summed E-state index contributed by atoms with van der Waals surface area (Å²) >= 11 is 11.7. The molecule has 1 rings (SSSR count). The zero-order valence-corrected chi connectivity index (χ0v) is 8.94. The Bertz CT molecular complexity index is 262. The van der Waals surface area contributed by atoms with Gasteiger partial charge in [-0.25, -0.2) is 4.98 Å². The molecule has 0 bridgehead atoms. The largest absolute Gasteiger partial charge is 0.365 e. The van der Waals surface area contributed by atoms with E-state index in [-0.39, 0.29) is 6.04 Å². The van der Waals surface area contributed by atoms with Crippen molar-refractivity contribution in [3.05, 3.63) is 23.4 Å². The second-order valence-electron chi connectivity index (χ2n) is 2.74. The van der Waals surface area contributed by atoms with Crippen LogP contribution in [0.15, 0.2) is 18.3 Å². The van der Waals surface area contributed by atoms with Crippen LogP contribution in [-0.2, 0) is 0 Å². The van der Waals surface area contributed by atoms with E-state index in [4.69, 9.17) is 23.2 Å². The van der Waals surface area contributed by atoms with Gasteiger partial charge in [-0.3, -0.25) is 0 Å². The highest BCUT2D eigenvalue weighted by Gasteiger charge is 2.06. The lowest BCUT2D eigenvalue weighted by Gasteiger charge is -2.14. The molecule has 0 aliphatic heterocycles. The van der Waals surface area contributed by atoms with Gasteiger partial charge in [-0.15, -0.1) is 11.6 Å². The van der Waals surface area contributed by atoms with Crippen LogP contribution in [0.2, 0.25) is 5.02 Å². The molecule has 0 fully saturated rings. The van der Waals surface area contributed by atoms with Crippen molar-refractivity contribution in [2.45, 2.75) is 19.4 Å². The van der Waals surface area contributed by atoms with E-state index in [1.807, 2.05) is 0 Å². The van der Waals surface area contributed by atoms with E-state index in [0.29, 0.717) is 16.7 Å². The summed E-state index contributed by atoms with van der Waals surface area (Å²) in [5.74, 6) is 1.26. The maximum absolute atomic E-state index is 5.91. The van der Waals surface area contributed by atoms with Gasteiger partial charge in [-0.1, -0.05) is 18.5 Å². The molecular formula is C9H12Cl2N2. The first-order chi connectivity index (χ1) is 6.27. The molecule has 0 amide bonds. The van der Waals surface area contributed by atoms with Crippen molar-refractivity contribution >= 4 is 29.0 Å². The third-order valence-electron chi connectivity index (χ3n) is 1.78. The smallest absolute Gasteiger partial charge is 0.145 e. The molecule has 1 aromatic heterocycles. The van der Waals surface area contributed by atoms with Gasteiger partial charge < -0.3 is 5.32 Å². The normalized spacial score (nSPS) is 12.5. The van der Waals surface area contributed by atoms with Crippen LogP contribution in [0.3, 0.4) is 0 Å². The number of halogens is 2. The van der Waals surface area contributed by atoms with Gasteiger partial charge >= 0.3 is 0 Å². The number of aromatic nitrogens is 1. The molecule has 0 radical (unpaired) electrons. The van der Waals surface area contributed by atoms with Crippen molar-refractivity contribution < 1.29 is 0 Å². The van der Waals surface area contributed by atoms with Crippen molar-refractivity contribution in [1.29, 1.82) is 0 Å². The van der Waals surface area contributed by atoms with Gasteiger partial charge in [0.25, 0.3) is 0 Å². The molecule has 0 saturated heterocycles. The number of nitrogens with zero attached hydrogens (tertiary/aromatic N) is 1. The highest BCUT2D eigenvalue weighted by molar-refractivity contribution is 6.32. The molecule has 0 saturated carbocycles. The van der Waals surface area contributed by atoms with E-state index in [9.17, 15) is 0 Å². The lowest BCUT2D eigenvalue weighted by atomic mass is 10.2. The van der Waals surface area contributed by atoms with Crippen molar-refractivity contribution in [2.75, 3.05) is 11.2 Å². The first-order valence-corrected chi connectivity index (χ1v) is 5.12. The van der Waals surface area contributed by atoms with Gasteiger partial charge in [-0.2, -0.15) is 0 Å². The topological polar surface area (TPSA) is 24.9 Å². The molecular weight excluding hydrogens is 207 g/mol. The summed E-state index contributed by atoms with van der Waals surface area (Å²) in [7, 11) is 0. The minimum atomic E-state index is 0.231. The number of nitrogens with one attached hydrogen (secondary N) is 1. The molecule has 1 atom stereocenters. The van der Waals surface area contributed by atoms with Crippen LogP contribution in [0.25, 0.3) is 0 Å². The number of alkyl halides is 1. The van der Waals surface area contributed by atoms with Gasteiger partial charge in [0.05, 0.1) is 5.02 Å². The van der Waals surface area contributed by atoms with Gasteiger partial charge in [0.1, 0.15) is 5.82 Å². The number of hydrogen-bond acceptors (Lipinski definition) is 2. The Morgan fingerprint density at radius 3 is 2.92 bits per heavy atom. The molecule has 0 spiro atoms. The minimum absolute atomic E-state index is 0.231. The molecule has 0 aliphatic carbocycles.